The number of aryl methyl sites for hydroxylation is 1. The zero-order valence-electron chi connectivity index (χ0n) is 9.57. The van der Waals surface area contributed by atoms with Crippen LogP contribution in [0.25, 0.3) is 5.69 Å². The molecule has 0 saturated heterocycles. The molecule has 1 aliphatic heterocycles. The molecule has 1 aliphatic rings. The average molecular weight is 284 g/mol. The minimum atomic E-state index is -0.131. The Labute approximate surface area is 114 Å². The maximum atomic E-state index is 12.2. The van der Waals surface area contributed by atoms with E-state index in [1.165, 1.54) is 4.68 Å². The monoisotopic (exact) mass is 283 g/mol. The summed E-state index contributed by atoms with van der Waals surface area (Å²) in [6.07, 6.45) is 2.94. The van der Waals surface area contributed by atoms with Gasteiger partial charge in [0.1, 0.15) is 5.82 Å². The van der Waals surface area contributed by atoms with E-state index < -0.39 is 0 Å². The number of halogens is 2. The van der Waals surface area contributed by atoms with Gasteiger partial charge in [0.2, 0.25) is 0 Å². The highest BCUT2D eigenvalue weighted by Gasteiger charge is 2.18. The second-order valence-electron chi connectivity index (χ2n) is 4.32. The van der Waals surface area contributed by atoms with Gasteiger partial charge in [-0.25, -0.2) is 4.79 Å². The molecule has 3 rings (SSSR count). The van der Waals surface area contributed by atoms with Gasteiger partial charge in [-0.1, -0.05) is 23.2 Å². The molecule has 0 aliphatic carbocycles. The predicted molar refractivity (Wildman–Crippen MR) is 70.8 cm³/mol. The summed E-state index contributed by atoms with van der Waals surface area (Å²) in [4.78, 5) is 12.2. The van der Waals surface area contributed by atoms with Gasteiger partial charge in [-0.15, -0.1) is 5.10 Å². The van der Waals surface area contributed by atoms with Gasteiger partial charge < -0.3 is 0 Å². The third-order valence-corrected chi connectivity index (χ3v) is 3.65. The number of fused-ring (bicyclic) bond motifs is 1. The van der Waals surface area contributed by atoms with E-state index in [1.807, 2.05) is 0 Å². The molecule has 0 saturated carbocycles. The molecule has 0 fully saturated rings. The Hall–Kier alpha value is -1.26. The minimum absolute atomic E-state index is 0.131. The van der Waals surface area contributed by atoms with Crippen LogP contribution in [0, 0.1) is 0 Å². The molecule has 6 heteroatoms. The van der Waals surface area contributed by atoms with Gasteiger partial charge in [0.15, 0.2) is 0 Å². The highest BCUT2D eigenvalue weighted by Crippen LogP contribution is 2.23. The number of rotatable bonds is 1. The maximum Gasteiger partial charge on any atom is 0.350 e. The summed E-state index contributed by atoms with van der Waals surface area (Å²) >= 11 is 12.0. The summed E-state index contributed by atoms with van der Waals surface area (Å²) in [5, 5.41) is 5.32. The van der Waals surface area contributed by atoms with Gasteiger partial charge in [0, 0.05) is 18.0 Å². The van der Waals surface area contributed by atoms with Gasteiger partial charge in [-0.05, 0) is 31.0 Å². The second-order valence-corrected chi connectivity index (χ2v) is 5.16. The highest BCUT2D eigenvalue weighted by molar-refractivity contribution is 6.35. The van der Waals surface area contributed by atoms with E-state index in [-0.39, 0.29) is 5.69 Å². The number of benzene rings is 1. The second kappa shape index (κ2) is 4.44. The summed E-state index contributed by atoms with van der Waals surface area (Å²) in [7, 11) is 0. The Balaban J connectivity index is 2.17. The van der Waals surface area contributed by atoms with Crippen molar-refractivity contribution in [1.29, 1.82) is 0 Å². The summed E-state index contributed by atoms with van der Waals surface area (Å²) in [6, 6.07) is 5.03. The van der Waals surface area contributed by atoms with E-state index in [4.69, 9.17) is 23.2 Å². The van der Waals surface area contributed by atoms with Crippen molar-refractivity contribution in [3.8, 4) is 5.69 Å². The van der Waals surface area contributed by atoms with E-state index in [0.717, 1.165) is 31.6 Å². The fourth-order valence-electron chi connectivity index (χ4n) is 2.21. The Bertz CT molecular complexity index is 660. The van der Waals surface area contributed by atoms with Crippen LogP contribution in [-0.4, -0.2) is 14.3 Å². The van der Waals surface area contributed by atoms with Crippen LogP contribution >= 0.6 is 23.2 Å². The molecule has 1 aromatic carbocycles. The van der Waals surface area contributed by atoms with Crippen molar-refractivity contribution in [3.63, 3.8) is 0 Å². The molecule has 4 nitrogen and oxygen atoms in total. The molecule has 0 spiro atoms. The number of hydrogen-bond donors (Lipinski definition) is 0. The summed E-state index contributed by atoms with van der Waals surface area (Å²) in [5.41, 5.74) is 0.446. The predicted octanol–water partition coefficient (Wildman–Crippen LogP) is 2.68. The van der Waals surface area contributed by atoms with Crippen molar-refractivity contribution in [1.82, 2.24) is 14.3 Å². The highest BCUT2D eigenvalue weighted by atomic mass is 35.5. The van der Waals surface area contributed by atoms with E-state index in [0.29, 0.717) is 15.7 Å². The zero-order chi connectivity index (χ0) is 12.7. The van der Waals surface area contributed by atoms with E-state index in [1.54, 1.807) is 22.8 Å². The van der Waals surface area contributed by atoms with Crippen LogP contribution in [0.15, 0.2) is 23.0 Å². The van der Waals surface area contributed by atoms with Crippen LogP contribution in [0.4, 0.5) is 0 Å². The maximum absolute atomic E-state index is 12.2. The molecule has 94 valence electrons. The van der Waals surface area contributed by atoms with Gasteiger partial charge in [-0.3, -0.25) is 4.57 Å². The number of aromatic nitrogens is 3. The molecular formula is C12H11Cl2N3O. The lowest BCUT2D eigenvalue weighted by molar-refractivity contribution is 0.512. The van der Waals surface area contributed by atoms with Crippen molar-refractivity contribution < 1.29 is 0 Å². The lowest BCUT2D eigenvalue weighted by atomic mass is 10.2. The van der Waals surface area contributed by atoms with E-state index >= 15 is 0 Å². The van der Waals surface area contributed by atoms with E-state index in [2.05, 4.69) is 5.10 Å². The fourth-order valence-corrected chi connectivity index (χ4v) is 2.70. The Morgan fingerprint density at radius 1 is 1.22 bits per heavy atom. The summed E-state index contributed by atoms with van der Waals surface area (Å²) in [6.45, 7) is 0.735. The molecule has 18 heavy (non-hydrogen) atoms. The van der Waals surface area contributed by atoms with Gasteiger partial charge >= 0.3 is 5.69 Å². The first-order valence-electron chi connectivity index (χ1n) is 5.81. The molecule has 0 amide bonds. The molecule has 0 bridgehead atoms. The van der Waals surface area contributed by atoms with Crippen molar-refractivity contribution >= 4 is 23.2 Å². The van der Waals surface area contributed by atoms with Gasteiger partial charge in [0.05, 0.1) is 10.7 Å². The summed E-state index contributed by atoms with van der Waals surface area (Å²) < 4.78 is 3.08. The first-order valence-corrected chi connectivity index (χ1v) is 6.56. The molecule has 1 aromatic heterocycles. The zero-order valence-corrected chi connectivity index (χ0v) is 11.1. The molecule has 0 atom stereocenters. The Morgan fingerprint density at radius 2 is 2.06 bits per heavy atom. The Kier molecular flexibility index (Phi) is 2.92. The number of hydrogen-bond acceptors (Lipinski definition) is 2. The normalized spacial score (nSPS) is 14.6. The molecular weight excluding hydrogens is 273 g/mol. The largest absolute Gasteiger partial charge is 0.350 e. The molecule has 0 radical (unpaired) electrons. The first-order chi connectivity index (χ1) is 8.66. The van der Waals surface area contributed by atoms with Gasteiger partial charge in [0.25, 0.3) is 0 Å². The van der Waals surface area contributed by atoms with Crippen LogP contribution in [0.1, 0.15) is 18.7 Å². The average Bonchev–Trinajstić information content (AvgIpc) is 2.68. The third-order valence-electron chi connectivity index (χ3n) is 3.11. The smallest absolute Gasteiger partial charge is 0.279 e. The minimum Gasteiger partial charge on any atom is -0.279 e. The fraction of sp³-hybridized carbons (Fsp3) is 0.333. The Morgan fingerprint density at radius 3 is 2.78 bits per heavy atom. The van der Waals surface area contributed by atoms with Crippen LogP contribution < -0.4 is 5.69 Å². The van der Waals surface area contributed by atoms with Crippen LogP contribution in [-0.2, 0) is 13.0 Å². The van der Waals surface area contributed by atoms with Crippen LogP contribution in [0.3, 0.4) is 0 Å². The van der Waals surface area contributed by atoms with Crippen molar-refractivity contribution in [2.24, 2.45) is 0 Å². The quantitative estimate of drug-likeness (QED) is 0.807. The topological polar surface area (TPSA) is 39.8 Å². The molecule has 0 unspecified atom stereocenters. The molecule has 0 N–H and O–H groups in total. The molecule has 2 aromatic rings. The standard InChI is InChI=1S/C12H11Cl2N3O/c13-8-4-5-10(9(14)7-8)17-12(18)16-6-2-1-3-11(16)15-17/h4-5,7H,1-3,6H2. The van der Waals surface area contributed by atoms with Gasteiger partial charge in [-0.2, -0.15) is 4.68 Å². The van der Waals surface area contributed by atoms with Crippen LogP contribution in [0.2, 0.25) is 10.0 Å². The number of nitrogens with zero attached hydrogens (tertiary/aromatic N) is 3. The van der Waals surface area contributed by atoms with Crippen molar-refractivity contribution in [2.45, 2.75) is 25.8 Å². The SMILES string of the molecule is O=c1n(-c2ccc(Cl)cc2Cl)nc2n1CCCC2. The third kappa shape index (κ3) is 1.85. The lowest BCUT2D eigenvalue weighted by Gasteiger charge is -2.09. The van der Waals surface area contributed by atoms with E-state index in [9.17, 15) is 4.79 Å². The van der Waals surface area contributed by atoms with Crippen molar-refractivity contribution in [3.05, 3.63) is 44.6 Å². The molecule has 2 heterocycles. The lowest BCUT2D eigenvalue weighted by Crippen LogP contribution is -2.26. The summed E-state index contributed by atoms with van der Waals surface area (Å²) in [5.74, 6) is 0.831. The van der Waals surface area contributed by atoms with Crippen molar-refractivity contribution in [2.75, 3.05) is 0 Å². The van der Waals surface area contributed by atoms with Crippen LogP contribution in [0.5, 0.6) is 0 Å². The first kappa shape index (κ1) is 11.8.